The van der Waals surface area contributed by atoms with E-state index in [4.69, 9.17) is 11.6 Å². The highest BCUT2D eigenvalue weighted by molar-refractivity contribution is 9.10. The van der Waals surface area contributed by atoms with Crippen molar-refractivity contribution in [1.82, 2.24) is 14.5 Å². The van der Waals surface area contributed by atoms with Gasteiger partial charge in [0.2, 0.25) is 0 Å². The third kappa shape index (κ3) is 2.75. The van der Waals surface area contributed by atoms with Crippen LogP contribution in [0.25, 0.3) is 11.0 Å². The largest absolute Gasteiger partial charge is 0.326 e. The van der Waals surface area contributed by atoms with Crippen LogP contribution in [-0.4, -0.2) is 14.5 Å². The number of hydrogen-bond acceptors (Lipinski definition) is 3. The van der Waals surface area contributed by atoms with E-state index in [0.717, 1.165) is 40.0 Å². The second kappa shape index (κ2) is 5.84. The maximum absolute atomic E-state index is 6.27. The maximum atomic E-state index is 6.27. The van der Waals surface area contributed by atoms with Crippen LogP contribution >= 0.6 is 38.9 Å². The molecule has 0 spiro atoms. The van der Waals surface area contributed by atoms with Crippen molar-refractivity contribution in [2.75, 3.05) is 0 Å². The van der Waals surface area contributed by atoms with Gasteiger partial charge in [-0.2, -0.15) is 0 Å². The summed E-state index contributed by atoms with van der Waals surface area (Å²) in [5, 5.41) is 1.97. The Hall–Kier alpha value is -0.910. The fraction of sp³-hybridized carbons (Fsp3) is 0.286. The predicted molar refractivity (Wildman–Crippen MR) is 87.5 cm³/mol. The smallest absolute Gasteiger partial charge is 0.127 e. The van der Waals surface area contributed by atoms with Crippen molar-refractivity contribution < 1.29 is 0 Å². The molecular weight excluding hydrogens is 358 g/mol. The molecule has 0 saturated carbocycles. The lowest BCUT2D eigenvalue weighted by Gasteiger charge is -2.09. The molecule has 0 aliphatic heterocycles. The van der Waals surface area contributed by atoms with E-state index in [1.165, 1.54) is 0 Å². The zero-order valence-electron chi connectivity index (χ0n) is 10.9. The van der Waals surface area contributed by atoms with Gasteiger partial charge in [-0.3, -0.25) is 0 Å². The molecule has 0 fully saturated rings. The zero-order chi connectivity index (χ0) is 14.1. The SMILES string of the molecule is CC(Cl)c1nc2ccc(Br)cc2n1CCc1cscn1. The molecular formula is C14H13BrClN3S. The third-order valence-corrected chi connectivity index (χ3v) is 4.49. The van der Waals surface area contributed by atoms with Crippen LogP contribution in [0.3, 0.4) is 0 Å². The minimum Gasteiger partial charge on any atom is -0.326 e. The monoisotopic (exact) mass is 369 g/mol. The van der Waals surface area contributed by atoms with Crippen LogP contribution in [0.2, 0.25) is 0 Å². The number of alkyl halides is 1. The summed E-state index contributed by atoms with van der Waals surface area (Å²) in [6, 6.07) is 6.11. The van der Waals surface area contributed by atoms with Crippen LogP contribution in [-0.2, 0) is 13.0 Å². The van der Waals surface area contributed by atoms with E-state index in [1.807, 2.05) is 24.6 Å². The molecule has 20 heavy (non-hydrogen) atoms. The highest BCUT2D eigenvalue weighted by atomic mass is 79.9. The van der Waals surface area contributed by atoms with Crippen molar-refractivity contribution in [3.8, 4) is 0 Å². The van der Waals surface area contributed by atoms with Crippen molar-refractivity contribution in [3.63, 3.8) is 0 Å². The average Bonchev–Trinajstić information content (AvgIpc) is 3.03. The van der Waals surface area contributed by atoms with Gasteiger partial charge in [-0.05, 0) is 25.1 Å². The molecule has 0 saturated heterocycles. The molecule has 2 heterocycles. The molecule has 0 aliphatic carbocycles. The molecule has 104 valence electrons. The Bertz CT molecular complexity index is 721. The summed E-state index contributed by atoms with van der Waals surface area (Å²) >= 11 is 11.4. The van der Waals surface area contributed by atoms with Gasteiger partial charge in [-0.25, -0.2) is 9.97 Å². The van der Waals surface area contributed by atoms with E-state index in [2.05, 4.69) is 41.9 Å². The van der Waals surface area contributed by atoms with Gasteiger partial charge in [-0.15, -0.1) is 22.9 Å². The summed E-state index contributed by atoms with van der Waals surface area (Å²) in [5.74, 6) is 0.912. The summed E-state index contributed by atoms with van der Waals surface area (Å²) < 4.78 is 3.24. The van der Waals surface area contributed by atoms with E-state index < -0.39 is 0 Å². The Morgan fingerprint density at radius 3 is 3.00 bits per heavy atom. The van der Waals surface area contributed by atoms with E-state index in [1.54, 1.807) is 11.3 Å². The number of imidazole rings is 1. The molecule has 0 N–H and O–H groups in total. The van der Waals surface area contributed by atoms with Crippen LogP contribution in [0.5, 0.6) is 0 Å². The fourth-order valence-corrected chi connectivity index (χ4v) is 3.35. The van der Waals surface area contributed by atoms with Crippen LogP contribution in [0.4, 0.5) is 0 Å². The quantitative estimate of drug-likeness (QED) is 0.618. The summed E-state index contributed by atoms with van der Waals surface area (Å²) in [6.45, 7) is 2.79. The molecule has 1 atom stereocenters. The van der Waals surface area contributed by atoms with Gasteiger partial charge < -0.3 is 4.57 Å². The van der Waals surface area contributed by atoms with E-state index in [-0.39, 0.29) is 5.38 Å². The van der Waals surface area contributed by atoms with E-state index >= 15 is 0 Å². The molecule has 6 heteroatoms. The maximum Gasteiger partial charge on any atom is 0.127 e. The Balaban J connectivity index is 2.01. The number of aryl methyl sites for hydroxylation is 2. The van der Waals surface area contributed by atoms with E-state index in [0.29, 0.717) is 0 Å². The number of nitrogens with zero attached hydrogens (tertiary/aromatic N) is 3. The van der Waals surface area contributed by atoms with Crippen molar-refractivity contribution in [2.24, 2.45) is 0 Å². The van der Waals surface area contributed by atoms with Gasteiger partial charge in [0.25, 0.3) is 0 Å². The first-order valence-corrected chi connectivity index (χ1v) is 8.49. The van der Waals surface area contributed by atoms with Crippen molar-refractivity contribution >= 4 is 49.9 Å². The molecule has 0 radical (unpaired) electrons. The molecule has 0 amide bonds. The summed E-state index contributed by atoms with van der Waals surface area (Å²) in [4.78, 5) is 8.98. The minimum absolute atomic E-state index is 0.114. The second-order valence-electron chi connectivity index (χ2n) is 4.60. The molecule has 3 aromatic rings. The first kappa shape index (κ1) is 14.0. The van der Waals surface area contributed by atoms with Crippen molar-refractivity contribution in [1.29, 1.82) is 0 Å². The minimum atomic E-state index is -0.114. The number of hydrogen-bond donors (Lipinski definition) is 0. The molecule has 1 aromatic carbocycles. The van der Waals surface area contributed by atoms with E-state index in [9.17, 15) is 0 Å². The summed E-state index contributed by atoms with van der Waals surface area (Å²) in [6.07, 6.45) is 0.887. The summed E-state index contributed by atoms with van der Waals surface area (Å²) in [7, 11) is 0. The number of fused-ring (bicyclic) bond motifs is 1. The van der Waals surface area contributed by atoms with Gasteiger partial charge in [0.05, 0.1) is 27.6 Å². The topological polar surface area (TPSA) is 30.7 Å². The van der Waals surface area contributed by atoms with Crippen LogP contribution in [0, 0.1) is 0 Å². The first-order chi connectivity index (χ1) is 9.65. The van der Waals surface area contributed by atoms with Gasteiger partial charge >= 0.3 is 0 Å². The Kier molecular flexibility index (Phi) is 4.10. The molecule has 3 rings (SSSR count). The average molecular weight is 371 g/mol. The lowest BCUT2D eigenvalue weighted by atomic mass is 10.3. The summed E-state index contributed by atoms with van der Waals surface area (Å²) in [5.41, 5.74) is 5.06. The van der Waals surface area contributed by atoms with Crippen molar-refractivity contribution in [2.45, 2.75) is 25.3 Å². The van der Waals surface area contributed by atoms with Gasteiger partial charge in [0, 0.05) is 22.8 Å². The number of aromatic nitrogens is 3. The highest BCUT2D eigenvalue weighted by Crippen LogP contribution is 2.27. The molecule has 0 bridgehead atoms. The van der Waals surface area contributed by atoms with Crippen LogP contribution < -0.4 is 0 Å². The Morgan fingerprint density at radius 2 is 2.30 bits per heavy atom. The number of rotatable bonds is 4. The lowest BCUT2D eigenvalue weighted by Crippen LogP contribution is -2.07. The van der Waals surface area contributed by atoms with Gasteiger partial charge in [0.15, 0.2) is 0 Å². The van der Waals surface area contributed by atoms with Crippen LogP contribution in [0.1, 0.15) is 23.8 Å². The normalized spacial score (nSPS) is 12.9. The fourth-order valence-electron chi connectivity index (χ4n) is 2.24. The van der Waals surface area contributed by atoms with Crippen molar-refractivity contribution in [3.05, 3.63) is 45.1 Å². The second-order valence-corrected chi connectivity index (χ2v) is 6.89. The molecule has 0 aliphatic rings. The lowest BCUT2D eigenvalue weighted by molar-refractivity contribution is 0.662. The third-order valence-electron chi connectivity index (χ3n) is 3.17. The molecule has 2 aromatic heterocycles. The number of thiazole rings is 1. The Morgan fingerprint density at radius 1 is 1.45 bits per heavy atom. The standard InChI is InChI=1S/C14H13BrClN3S/c1-9(16)14-18-12-3-2-10(15)6-13(12)19(14)5-4-11-7-20-8-17-11/h2-3,6-9H,4-5H2,1H3. The molecule has 3 nitrogen and oxygen atoms in total. The highest BCUT2D eigenvalue weighted by Gasteiger charge is 2.15. The van der Waals surface area contributed by atoms with Crippen LogP contribution in [0.15, 0.2) is 33.6 Å². The number of benzene rings is 1. The predicted octanol–water partition coefficient (Wildman–Crippen LogP) is 4.80. The first-order valence-electron chi connectivity index (χ1n) is 6.32. The molecule has 1 unspecified atom stereocenters. The Labute approximate surface area is 134 Å². The van der Waals surface area contributed by atoms with Gasteiger partial charge in [0.1, 0.15) is 5.82 Å². The van der Waals surface area contributed by atoms with Gasteiger partial charge in [-0.1, -0.05) is 15.9 Å². The number of halogens is 2. The zero-order valence-corrected chi connectivity index (χ0v) is 14.0.